The summed E-state index contributed by atoms with van der Waals surface area (Å²) in [6.07, 6.45) is 8.95. The van der Waals surface area contributed by atoms with Crippen LogP contribution in [0.25, 0.3) is 0 Å². The zero-order chi connectivity index (χ0) is 18.9. The summed E-state index contributed by atoms with van der Waals surface area (Å²) in [5.41, 5.74) is 0. The standard InChI is InChI=1S/C20H39N5O.HI/c1-16(2)25-12-10-18(11-13-25)23-20(22-15-19(26)24(3)4)21-14-17-8-6-5-7-9-17;/h16-18H,5-15H2,1-4H3,(H2,21,22,23);1H. The topological polar surface area (TPSA) is 60.0 Å². The Morgan fingerprint density at radius 3 is 2.30 bits per heavy atom. The number of piperidine rings is 1. The van der Waals surface area contributed by atoms with Crippen molar-refractivity contribution < 1.29 is 4.79 Å². The Kier molecular flexibility index (Phi) is 11.6. The molecule has 7 heteroatoms. The van der Waals surface area contributed by atoms with Gasteiger partial charge in [0.2, 0.25) is 5.91 Å². The predicted molar refractivity (Wildman–Crippen MR) is 124 cm³/mol. The van der Waals surface area contributed by atoms with Crippen molar-refractivity contribution in [2.24, 2.45) is 10.9 Å². The molecule has 6 nitrogen and oxygen atoms in total. The summed E-state index contributed by atoms with van der Waals surface area (Å²) in [5, 5.41) is 7.11. The molecule has 0 atom stereocenters. The number of rotatable bonds is 6. The number of nitrogens with one attached hydrogen (secondary N) is 2. The minimum absolute atomic E-state index is 0. The van der Waals surface area contributed by atoms with Crippen molar-refractivity contribution >= 4 is 35.8 Å². The van der Waals surface area contributed by atoms with Crippen LogP contribution in [0.2, 0.25) is 0 Å². The van der Waals surface area contributed by atoms with E-state index >= 15 is 0 Å². The molecule has 1 saturated heterocycles. The first-order valence-corrected chi connectivity index (χ1v) is 10.4. The van der Waals surface area contributed by atoms with Gasteiger partial charge in [0.25, 0.3) is 0 Å². The van der Waals surface area contributed by atoms with E-state index in [1.807, 2.05) is 0 Å². The van der Waals surface area contributed by atoms with E-state index < -0.39 is 0 Å². The van der Waals surface area contributed by atoms with Gasteiger partial charge in [0.15, 0.2) is 5.96 Å². The molecule has 0 aromatic heterocycles. The normalized spacial score (nSPS) is 20.3. The smallest absolute Gasteiger partial charge is 0.243 e. The van der Waals surface area contributed by atoms with E-state index in [1.54, 1.807) is 19.0 Å². The molecule has 158 valence electrons. The van der Waals surface area contributed by atoms with E-state index in [2.05, 4.69) is 34.4 Å². The van der Waals surface area contributed by atoms with E-state index in [-0.39, 0.29) is 36.4 Å². The van der Waals surface area contributed by atoms with Crippen molar-refractivity contribution in [1.82, 2.24) is 20.4 Å². The minimum Gasteiger partial charge on any atom is -0.356 e. The summed E-state index contributed by atoms with van der Waals surface area (Å²) < 4.78 is 0. The van der Waals surface area contributed by atoms with Crippen LogP contribution in [0.3, 0.4) is 0 Å². The molecule has 0 unspecified atom stereocenters. The molecule has 0 radical (unpaired) electrons. The number of carbonyl (C=O) groups excluding carboxylic acids is 1. The van der Waals surface area contributed by atoms with Crippen molar-refractivity contribution in [3.05, 3.63) is 0 Å². The Morgan fingerprint density at radius 2 is 1.74 bits per heavy atom. The molecule has 1 aliphatic heterocycles. The molecule has 1 aliphatic carbocycles. The number of nitrogens with zero attached hydrogens (tertiary/aromatic N) is 3. The average molecular weight is 493 g/mol. The first-order valence-electron chi connectivity index (χ1n) is 10.4. The lowest BCUT2D eigenvalue weighted by atomic mass is 9.89. The fraction of sp³-hybridized carbons (Fsp3) is 0.900. The van der Waals surface area contributed by atoms with E-state index in [9.17, 15) is 4.79 Å². The SMILES string of the molecule is CC(C)N1CCC(NC(=NCC(=O)N(C)C)NCC2CCCCC2)CC1.I. The van der Waals surface area contributed by atoms with Gasteiger partial charge in [-0.1, -0.05) is 19.3 Å². The molecule has 2 rings (SSSR count). The van der Waals surface area contributed by atoms with Crippen molar-refractivity contribution in [3.63, 3.8) is 0 Å². The Balaban J connectivity index is 0.00000364. The fourth-order valence-corrected chi connectivity index (χ4v) is 3.83. The van der Waals surface area contributed by atoms with Gasteiger partial charge < -0.3 is 20.4 Å². The summed E-state index contributed by atoms with van der Waals surface area (Å²) in [7, 11) is 3.56. The number of amides is 1. The first-order chi connectivity index (χ1) is 12.5. The highest BCUT2D eigenvalue weighted by molar-refractivity contribution is 14.0. The third kappa shape index (κ3) is 8.98. The van der Waals surface area contributed by atoms with E-state index in [4.69, 9.17) is 0 Å². The van der Waals surface area contributed by atoms with Gasteiger partial charge in [-0.2, -0.15) is 0 Å². The molecule has 0 aromatic rings. The third-order valence-electron chi connectivity index (χ3n) is 5.75. The maximum atomic E-state index is 11.9. The Hall–Kier alpha value is -0.570. The lowest BCUT2D eigenvalue weighted by Crippen LogP contribution is -2.50. The molecular formula is C20H40IN5O. The number of guanidine groups is 1. The molecule has 1 amide bonds. The van der Waals surface area contributed by atoms with Gasteiger partial charge in [0, 0.05) is 45.8 Å². The summed E-state index contributed by atoms with van der Waals surface area (Å²) in [5.74, 6) is 1.59. The second kappa shape index (κ2) is 12.8. The number of likely N-dealkylation sites (N-methyl/N-ethyl adjacent to an activating group) is 1. The van der Waals surface area contributed by atoms with Crippen LogP contribution in [0.15, 0.2) is 4.99 Å². The van der Waals surface area contributed by atoms with Gasteiger partial charge in [-0.05, 0) is 45.4 Å². The zero-order valence-electron chi connectivity index (χ0n) is 17.7. The van der Waals surface area contributed by atoms with Crippen LogP contribution >= 0.6 is 24.0 Å². The van der Waals surface area contributed by atoms with Gasteiger partial charge in [0.1, 0.15) is 6.54 Å². The van der Waals surface area contributed by atoms with Crippen molar-refractivity contribution in [2.45, 2.75) is 70.9 Å². The lowest BCUT2D eigenvalue weighted by molar-refractivity contribution is -0.127. The molecule has 1 saturated carbocycles. The second-order valence-corrected chi connectivity index (χ2v) is 8.39. The molecule has 0 bridgehead atoms. The summed E-state index contributed by atoms with van der Waals surface area (Å²) in [6.45, 7) is 7.95. The van der Waals surface area contributed by atoms with E-state index in [0.29, 0.717) is 12.1 Å². The van der Waals surface area contributed by atoms with Gasteiger partial charge in [-0.3, -0.25) is 4.79 Å². The lowest BCUT2D eigenvalue weighted by Gasteiger charge is -2.35. The minimum atomic E-state index is 0. The Labute approximate surface area is 182 Å². The third-order valence-corrected chi connectivity index (χ3v) is 5.75. The van der Waals surface area contributed by atoms with Gasteiger partial charge in [-0.15, -0.1) is 24.0 Å². The maximum Gasteiger partial charge on any atom is 0.243 e. The average Bonchev–Trinajstić information content (AvgIpc) is 2.64. The van der Waals surface area contributed by atoms with Gasteiger partial charge >= 0.3 is 0 Å². The Bertz CT molecular complexity index is 455. The summed E-state index contributed by atoms with van der Waals surface area (Å²) >= 11 is 0. The van der Waals surface area contributed by atoms with Crippen LogP contribution in [0, 0.1) is 5.92 Å². The van der Waals surface area contributed by atoms with Crippen LogP contribution in [0.5, 0.6) is 0 Å². The number of hydrogen-bond donors (Lipinski definition) is 2. The molecule has 0 aromatic carbocycles. The molecule has 2 N–H and O–H groups in total. The van der Waals surface area contributed by atoms with E-state index in [0.717, 1.165) is 44.4 Å². The fourth-order valence-electron chi connectivity index (χ4n) is 3.83. The number of aliphatic imine (C=N–C) groups is 1. The molecule has 1 heterocycles. The second-order valence-electron chi connectivity index (χ2n) is 8.39. The molecule has 27 heavy (non-hydrogen) atoms. The van der Waals surface area contributed by atoms with Gasteiger partial charge in [0.05, 0.1) is 0 Å². The maximum absolute atomic E-state index is 11.9. The molecule has 2 aliphatic rings. The van der Waals surface area contributed by atoms with Crippen LogP contribution in [0.1, 0.15) is 58.8 Å². The largest absolute Gasteiger partial charge is 0.356 e. The number of likely N-dealkylation sites (tertiary alicyclic amines) is 1. The highest BCUT2D eigenvalue weighted by atomic mass is 127. The summed E-state index contributed by atoms with van der Waals surface area (Å²) in [6, 6.07) is 1.06. The van der Waals surface area contributed by atoms with Gasteiger partial charge in [-0.25, -0.2) is 4.99 Å². The highest BCUT2D eigenvalue weighted by Crippen LogP contribution is 2.22. The molecule has 0 spiro atoms. The first kappa shape index (κ1) is 24.5. The molecular weight excluding hydrogens is 453 g/mol. The van der Waals surface area contributed by atoms with Crippen LogP contribution in [-0.2, 0) is 4.79 Å². The predicted octanol–water partition coefficient (Wildman–Crippen LogP) is 2.68. The zero-order valence-corrected chi connectivity index (χ0v) is 20.0. The quantitative estimate of drug-likeness (QED) is 0.340. The highest BCUT2D eigenvalue weighted by Gasteiger charge is 2.22. The summed E-state index contributed by atoms with van der Waals surface area (Å²) in [4.78, 5) is 20.6. The number of carbonyl (C=O) groups is 1. The van der Waals surface area contributed by atoms with Crippen LogP contribution < -0.4 is 10.6 Å². The number of hydrogen-bond acceptors (Lipinski definition) is 3. The van der Waals surface area contributed by atoms with Crippen molar-refractivity contribution in [2.75, 3.05) is 40.3 Å². The Morgan fingerprint density at radius 1 is 1.11 bits per heavy atom. The van der Waals surface area contributed by atoms with Crippen molar-refractivity contribution in [1.29, 1.82) is 0 Å². The number of halogens is 1. The van der Waals surface area contributed by atoms with E-state index in [1.165, 1.54) is 32.1 Å². The van der Waals surface area contributed by atoms with Crippen LogP contribution in [-0.4, -0.2) is 74.0 Å². The van der Waals surface area contributed by atoms with Crippen LogP contribution in [0.4, 0.5) is 0 Å². The van der Waals surface area contributed by atoms with Crippen molar-refractivity contribution in [3.8, 4) is 0 Å². The molecule has 2 fully saturated rings. The monoisotopic (exact) mass is 493 g/mol.